The third kappa shape index (κ3) is 4.70. The van der Waals surface area contributed by atoms with Crippen molar-refractivity contribution in [3.05, 3.63) is 66.7 Å². The first-order valence-electron chi connectivity index (χ1n) is 7.85. The predicted octanol–water partition coefficient (Wildman–Crippen LogP) is 3.50. The van der Waals surface area contributed by atoms with Gasteiger partial charge in [-0.25, -0.2) is 0 Å². The second-order valence-corrected chi connectivity index (χ2v) is 5.34. The Bertz CT molecular complexity index is 756. The molecule has 0 aromatic heterocycles. The summed E-state index contributed by atoms with van der Waals surface area (Å²) in [6.45, 7) is 5.40. The van der Waals surface area contributed by atoms with E-state index in [1.54, 1.807) is 29.2 Å². The quantitative estimate of drug-likeness (QED) is 0.546. The number of hydrogen-bond acceptors (Lipinski definition) is 4. The second-order valence-electron chi connectivity index (χ2n) is 5.34. The van der Waals surface area contributed by atoms with Gasteiger partial charge in [-0.05, 0) is 37.3 Å². The maximum Gasteiger partial charge on any atom is 0.265 e. The number of benzene rings is 2. The molecule has 0 saturated carbocycles. The molecule has 0 aliphatic heterocycles. The van der Waals surface area contributed by atoms with Gasteiger partial charge in [0.05, 0.1) is 7.11 Å². The summed E-state index contributed by atoms with van der Waals surface area (Å²) in [6.07, 6.45) is 1.66. The first-order chi connectivity index (χ1) is 12.1. The average molecular weight is 339 g/mol. The Morgan fingerprint density at radius 3 is 2.44 bits per heavy atom. The number of hydrogen-bond donors (Lipinski definition) is 0. The van der Waals surface area contributed by atoms with Gasteiger partial charge in [-0.2, -0.15) is 0 Å². The van der Waals surface area contributed by atoms with E-state index in [1.165, 1.54) is 14.0 Å². The minimum atomic E-state index is -0.205. The third-order valence-corrected chi connectivity index (χ3v) is 3.60. The summed E-state index contributed by atoms with van der Waals surface area (Å²) in [7, 11) is 1.49. The molecule has 0 aliphatic carbocycles. The molecule has 130 valence electrons. The summed E-state index contributed by atoms with van der Waals surface area (Å²) in [5, 5.41) is 0. The van der Waals surface area contributed by atoms with Crippen molar-refractivity contribution in [1.29, 1.82) is 0 Å². The molecule has 25 heavy (non-hydrogen) atoms. The lowest BCUT2D eigenvalue weighted by molar-refractivity contribution is -0.120. The fraction of sp³-hybridized carbons (Fsp3) is 0.200. The highest BCUT2D eigenvalue weighted by Crippen LogP contribution is 2.28. The maximum absolute atomic E-state index is 12.5. The third-order valence-electron chi connectivity index (χ3n) is 3.60. The largest absolute Gasteiger partial charge is 0.493 e. The number of carbonyl (C=O) groups is 2. The molecule has 0 heterocycles. The Morgan fingerprint density at radius 1 is 1.12 bits per heavy atom. The molecular formula is C20H21NO4. The number of Topliss-reactive ketones (excluding diaryl/α,β-unsaturated/α-hetero) is 1. The van der Waals surface area contributed by atoms with Crippen molar-refractivity contribution in [3.63, 3.8) is 0 Å². The number of ether oxygens (including phenoxy) is 2. The molecule has 2 rings (SSSR count). The summed E-state index contributed by atoms with van der Waals surface area (Å²) in [6, 6.07) is 14.2. The molecule has 0 unspecified atom stereocenters. The summed E-state index contributed by atoms with van der Waals surface area (Å²) in [4.78, 5) is 25.6. The van der Waals surface area contributed by atoms with Crippen LogP contribution in [0.5, 0.6) is 11.5 Å². The maximum atomic E-state index is 12.5. The van der Waals surface area contributed by atoms with Gasteiger partial charge >= 0.3 is 0 Å². The lowest BCUT2D eigenvalue weighted by Gasteiger charge is -2.21. The summed E-state index contributed by atoms with van der Waals surface area (Å²) in [5.41, 5.74) is 1.29. The zero-order valence-electron chi connectivity index (χ0n) is 14.4. The van der Waals surface area contributed by atoms with Crippen LogP contribution in [0.15, 0.2) is 61.2 Å². The van der Waals surface area contributed by atoms with Gasteiger partial charge in [0.25, 0.3) is 5.91 Å². The molecule has 0 saturated heterocycles. The van der Waals surface area contributed by atoms with E-state index in [1.807, 2.05) is 30.3 Å². The van der Waals surface area contributed by atoms with Gasteiger partial charge < -0.3 is 14.4 Å². The summed E-state index contributed by atoms with van der Waals surface area (Å²) >= 11 is 0. The highest BCUT2D eigenvalue weighted by molar-refractivity contribution is 5.95. The molecule has 0 N–H and O–H groups in total. The molecule has 5 heteroatoms. The van der Waals surface area contributed by atoms with Crippen LogP contribution in [0.2, 0.25) is 0 Å². The Hall–Kier alpha value is -3.08. The van der Waals surface area contributed by atoms with Crippen LogP contribution >= 0.6 is 0 Å². The van der Waals surface area contributed by atoms with Crippen molar-refractivity contribution >= 4 is 17.4 Å². The molecule has 0 bridgehead atoms. The Balaban J connectivity index is 2.12. The van der Waals surface area contributed by atoms with Crippen LogP contribution in [-0.2, 0) is 4.79 Å². The van der Waals surface area contributed by atoms with Gasteiger partial charge in [0, 0.05) is 17.8 Å². The van der Waals surface area contributed by atoms with Crippen molar-refractivity contribution in [1.82, 2.24) is 0 Å². The van der Waals surface area contributed by atoms with Gasteiger partial charge in [0.1, 0.15) is 0 Å². The molecule has 0 fully saturated rings. The van der Waals surface area contributed by atoms with E-state index < -0.39 is 0 Å². The minimum absolute atomic E-state index is 0.0674. The fourth-order valence-corrected chi connectivity index (χ4v) is 2.31. The van der Waals surface area contributed by atoms with E-state index >= 15 is 0 Å². The van der Waals surface area contributed by atoms with Crippen molar-refractivity contribution in [2.24, 2.45) is 0 Å². The van der Waals surface area contributed by atoms with E-state index in [2.05, 4.69) is 6.58 Å². The van der Waals surface area contributed by atoms with Gasteiger partial charge in [0.15, 0.2) is 23.9 Å². The summed E-state index contributed by atoms with van der Waals surface area (Å²) in [5.74, 6) is 0.550. The van der Waals surface area contributed by atoms with E-state index in [-0.39, 0.29) is 18.3 Å². The zero-order chi connectivity index (χ0) is 18.2. The lowest BCUT2D eigenvalue weighted by atomic mass is 10.1. The van der Waals surface area contributed by atoms with E-state index in [0.29, 0.717) is 23.6 Å². The average Bonchev–Trinajstić information content (AvgIpc) is 2.64. The molecule has 0 atom stereocenters. The Kier molecular flexibility index (Phi) is 6.34. The first-order valence-corrected chi connectivity index (χ1v) is 7.85. The monoisotopic (exact) mass is 339 g/mol. The highest BCUT2D eigenvalue weighted by atomic mass is 16.5. The smallest absolute Gasteiger partial charge is 0.265 e. The van der Waals surface area contributed by atoms with Gasteiger partial charge in [0.2, 0.25) is 0 Å². The number of methoxy groups -OCH3 is 1. The van der Waals surface area contributed by atoms with E-state index in [0.717, 1.165) is 5.69 Å². The van der Waals surface area contributed by atoms with Crippen LogP contribution in [0.4, 0.5) is 5.69 Å². The fourth-order valence-electron chi connectivity index (χ4n) is 2.31. The van der Waals surface area contributed by atoms with Crippen molar-refractivity contribution in [3.8, 4) is 11.5 Å². The number of amides is 1. The van der Waals surface area contributed by atoms with Crippen LogP contribution in [-0.4, -0.2) is 32.0 Å². The second kappa shape index (κ2) is 8.68. The number of anilines is 1. The molecule has 0 spiro atoms. The SMILES string of the molecule is C=CCN(C(=O)COc1ccc(C(C)=O)cc1OC)c1ccccc1. The summed E-state index contributed by atoms with van der Waals surface area (Å²) < 4.78 is 10.9. The highest BCUT2D eigenvalue weighted by Gasteiger charge is 2.16. The first kappa shape index (κ1) is 18.3. The normalized spacial score (nSPS) is 10.0. The Labute approximate surface area is 147 Å². The lowest BCUT2D eigenvalue weighted by Crippen LogP contribution is -2.35. The van der Waals surface area contributed by atoms with Gasteiger partial charge in [-0.1, -0.05) is 24.3 Å². The van der Waals surface area contributed by atoms with Crippen LogP contribution in [0.1, 0.15) is 17.3 Å². The zero-order valence-corrected chi connectivity index (χ0v) is 14.4. The van der Waals surface area contributed by atoms with Crippen LogP contribution in [0, 0.1) is 0 Å². The molecule has 1 amide bonds. The number of rotatable bonds is 8. The molecular weight excluding hydrogens is 318 g/mol. The molecule has 2 aromatic rings. The molecule has 5 nitrogen and oxygen atoms in total. The number of nitrogens with zero attached hydrogens (tertiary/aromatic N) is 1. The molecule has 0 aliphatic rings. The van der Waals surface area contributed by atoms with Crippen molar-refractivity contribution < 1.29 is 19.1 Å². The Morgan fingerprint density at radius 2 is 1.84 bits per heavy atom. The van der Waals surface area contributed by atoms with Crippen molar-refractivity contribution in [2.75, 3.05) is 25.2 Å². The van der Waals surface area contributed by atoms with E-state index in [9.17, 15) is 9.59 Å². The predicted molar refractivity (Wildman–Crippen MR) is 97.5 cm³/mol. The van der Waals surface area contributed by atoms with Crippen molar-refractivity contribution in [2.45, 2.75) is 6.92 Å². The molecule has 0 radical (unpaired) electrons. The van der Waals surface area contributed by atoms with Gasteiger partial charge in [-0.15, -0.1) is 6.58 Å². The molecule has 2 aromatic carbocycles. The van der Waals surface area contributed by atoms with Crippen LogP contribution in [0.25, 0.3) is 0 Å². The number of ketones is 1. The van der Waals surface area contributed by atoms with E-state index in [4.69, 9.17) is 9.47 Å². The van der Waals surface area contributed by atoms with Crippen LogP contribution < -0.4 is 14.4 Å². The standard InChI is InChI=1S/C20H21NO4/c1-4-12-21(17-8-6-5-7-9-17)20(23)14-25-18-11-10-16(15(2)22)13-19(18)24-3/h4-11,13H,1,12,14H2,2-3H3. The number of carbonyl (C=O) groups excluding carboxylic acids is 2. The minimum Gasteiger partial charge on any atom is -0.493 e. The topological polar surface area (TPSA) is 55.8 Å². The number of para-hydroxylation sites is 1. The van der Waals surface area contributed by atoms with Crippen LogP contribution in [0.3, 0.4) is 0 Å². The van der Waals surface area contributed by atoms with Gasteiger partial charge in [-0.3, -0.25) is 9.59 Å².